The van der Waals surface area contributed by atoms with Crippen molar-refractivity contribution in [1.29, 1.82) is 0 Å². The molecule has 3 aromatic rings. The predicted molar refractivity (Wildman–Crippen MR) is 87.9 cm³/mol. The molecule has 1 amide bonds. The average molecular weight is 312 g/mol. The van der Waals surface area contributed by atoms with E-state index >= 15 is 0 Å². The Kier molecular flexibility index (Phi) is 4.34. The molecule has 3 rings (SSSR count). The van der Waals surface area contributed by atoms with Gasteiger partial charge in [-0.15, -0.1) is 11.3 Å². The molecule has 0 aliphatic carbocycles. The Hall–Kier alpha value is -2.40. The summed E-state index contributed by atoms with van der Waals surface area (Å²) in [5.74, 6) is 0.760. The van der Waals surface area contributed by atoms with Gasteiger partial charge in [-0.2, -0.15) is 0 Å². The van der Waals surface area contributed by atoms with Crippen molar-refractivity contribution in [3.05, 3.63) is 59.4 Å². The highest BCUT2D eigenvalue weighted by molar-refractivity contribution is 7.14. The first kappa shape index (κ1) is 14.5. The number of anilines is 1. The second kappa shape index (κ2) is 6.58. The van der Waals surface area contributed by atoms with Gasteiger partial charge in [0.1, 0.15) is 5.76 Å². The van der Waals surface area contributed by atoms with E-state index in [0.717, 1.165) is 17.0 Å². The fraction of sp³-hybridized carbons (Fsp3) is 0.176. The SMILES string of the molecule is Cc1ccc(-c2csc(NC(=O)CCc3ccco3)n2)cc1. The molecule has 0 aliphatic heterocycles. The molecule has 1 N–H and O–H groups in total. The third-order valence-electron chi connectivity index (χ3n) is 3.28. The second-order valence-corrected chi connectivity index (χ2v) is 5.89. The van der Waals surface area contributed by atoms with Crippen molar-refractivity contribution < 1.29 is 9.21 Å². The van der Waals surface area contributed by atoms with Crippen molar-refractivity contribution >= 4 is 22.4 Å². The van der Waals surface area contributed by atoms with E-state index in [1.807, 2.05) is 29.6 Å². The smallest absolute Gasteiger partial charge is 0.226 e. The normalized spacial score (nSPS) is 10.6. The van der Waals surface area contributed by atoms with Crippen LogP contribution in [0.2, 0.25) is 0 Å². The number of carbonyl (C=O) groups excluding carboxylic acids is 1. The quantitative estimate of drug-likeness (QED) is 0.765. The topological polar surface area (TPSA) is 55.1 Å². The highest BCUT2D eigenvalue weighted by Crippen LogP contribution is 2.25. The van der Waals surface area contributed by atoms with Gasteiger partial charge in [-0.1, -0.05) is 29.8 Å². The van der Waals surface area contributed by atoms with Gasteiger partial charge in [-0.25, -0.2) is 4.98 Å². The molecule has 2 aromatic heterocycles. The van der Waals surface area contributed by atoms with Crippen LogP contribution in [0.15, 0.2) is 52.5 Å². The number of hydrogen-bond donors (Lipinski definition) is 1. The van der Waals surface area contributed by atoms with Crippen LogP contribution in [0.4, 0.5) is 5.13 Å². The molecule has 1 aromatic carbocycles. The van der Waals surface area contributed by atoms with Gasteiger partial charge in [0, 0.05) is 23.8 Å². The lowest BCUT2D eigenvalue weighted by atomic mass is 10.1. The monoisotopic (exact) mass is 312 g/mol. The summed E-state index contributed by atoms with van der Waals surface area (Å²) in [7, 11) is 0. The Morgan fingerprint density at radius 1 is 1.27 bits per heavy atom. The van der Waals surface area contributed by atoms with Crippen molar-refractivity contribution in [3.63, 3.8) is 0 Å². The van der Waals surface area contributed by atoms with Crippen LogP contribution in [-0.4, -0.2) is 10.9 Å². The first-order chi connectivity index (χ1) is 10.7. The van der Waals surface area contributed by atoms with Crippen molar-refractivity contribution in [3.8, 4) is 11.3 Å². The number of amides is 1. The molecule has 22 heavy (non-hydrogen) atoms. The van der Waals surface area contributed by atoms with Gasteiger partial charge in [0.2, 0.25) is 5.91 Å². The highest BCUT2D eigenvalue weighted by atomic mass is 32.1. The van der Waals surface area contributed by atoms with E-state index in [1.165, 1.54) is 16.9 Å². The molecule has 0 fully saturated rings. The number of furan rings is 1. The number of nitrogens with zero attached hydrogens (tertiary/aromatic N) is 1. The third kappa shape index (κ3) is 3.62. The summed E-state index contributed by atoms with van der Waals surface area (Å²) in [5, 5.41) is 5.41. The Bertz CT molecular complexity index is 745. The summed E-state index contributed by atoms with van der Waals surface area (Å²) >= 11 is 1.43. The molecule has 0 unspecified atom stereocenters. The lowest BCUT2D eigenvalue weighted by molar-refractivity contribution is -0.116. The Balaban J connectivity index is 1.59. The van der Waals surface area contributed by atoms with E-state index in [2.05, 4.69) is 29.4 Å². The zero-order chi connectivity index (χ0) is 15.4. The molecule has 2 heterocycles. The number of benzene rings is 1. The third-order valence-corrected chi connectivity index (χ3v) is 4.03. The number of aryl methyl sites for hydroxylation is 2. The minimum atomic E-state index is -0.0544. The summed E-state index contributed by atoms with van der Waals surface area (Å²) < 4.78 is 5.21. The molecule has 0 aliphatic rings. The van der Waals surface area contributed by atoms with Crippen molar-refractivity contribution in [1.82, 2.24) is 4.98 Å². The van der Waals surface area contributed by atoms with Gasteiger partial charge in [0.05, 0.1) is 12.0 Å². The Labute approximate surface area is 132 Å². The van der Waals surface area contributed by atoms with E-state index < -0.39 is 0 Å². The zero-order valence-electron chi connectivity index (χ0n) is 12.2. The number of carbonyl (C=O) groups is 1. The first-order valence-electron chi connectivity index (χ1n) is 7.05. The van der Waals surface area contributed by atoms with Crippen LogP contribution in [0.1, 0.15) is 17.7 Å². The summed E-state index contributed by atoms with van der Waals surface area (Å²) in [6, 6.07) is 11.9. The molecule has 0 bridgehead atoms. The highest BCUT2D eigenvalue weighted by Gasteiger charge is 2.09. The van der Waals surface area contributed by atoms with Crippen molar-refractivity contribution in [2.45, 2.75) is 19.8 Å². The van der Waals surface area contributed by atoms with Crippen LogP contribution in [0.3, 0.4) is 0 Å². The van der Waals surface area contributed by atoms with Gasteiger partial charge in [0.25, 0.3) is 0 Å². The molecule has 112 valence electrons. The zero-order valence-corrected chi connectivity index (χ0v) is 13.0. The molecular weight excluding hydrogens is 296 g/mol. The largest absolute Gasteiger partial charge is 0.469 e. The number of hydrogen-bond acceptors (Lipinski definition) is 4. The predicted octanol–water partition coefficient (Wildman–Crippen LogP) is 4.28. The fourth-order valence-corrected chi connectivity index (χ4v) is 2.80. The van der Waals surface area contributed by atoms with Gasteiger partial charge < -0.3 is 9.73 Å². The standard InChI is InChI=1S/C17H16N2O2S/c1-12-4-6-13(7-5-12)15-11-22-17(18-15)19-16(20)9-8-14-3-2-10-21-14/h2-7,10-11H,8-9H2,1H3,(H,18,19,20). The summed E-state index contributed by atoms with van der Waals surface area (Å²) in [6.45, 7) is 2.05. The van der Waals surface area contributed by atoms with E-state index in [0.29, 0.717) is 18.0 Å². The molecule has 0 saturated carbocycles. The maximum Gasteiger partial charge on any atom is 0.226 e. The summed E-state index contributed by atoms with van der Waals surface area (Å²) in [6.07, 6.45) is 2.59. The minimum absolute atomic E-state index is 0.0544. The van der Waals surface area contributed by atoms with E-state index in [1.54, 1.807) is 6.26 Å². The summed E-state index contributed by atoms with van der Waals surface area (Å²) in [5.41, 5.74) is 3.15. The van der Waals surface area contributed by atoms with Crippen molar-refractivity contribution in [2.24, 2.45) is 0 Å². The van der Waals surface area contributed by atoms with Crippen LogP contribution in [0, 0.1) is 6.92 Å². The molecule has 0 radical (unpaired) electrons. The molecular formula is C17H16N2O2S. The van der Waals surface area contributed by atoms with E-state index in [9.17, 15) is 4.79 Å². The maximum atomic E-state index is 11.9. The first-order valence-corrected chi connectivity index (χ1v) is 7.93. The number of thiazole rings is 1. The summed E-state index contributed by atoms with van der Waals surface area (Å²) in [4.78, 5) is 16.4. The van der Waals surface area contributed by atoms with E-state index in [4.69, 9.17) is 4.42 Å². The fourth-order valence-electron chi connectivity index (χ4n) is 2.06. The molecule has 0 saturated heterocycles. The molecule has 5 heteroatoms. The van der Waals surface area contributed by atoms with Crippen LogP contribution in [0.5, 0.6) is 0 Å². The molecule has 0 atom stereocenters. The second-order valence-electron chi connectivity index (χ2n) is 5.03. The van der Waals surface area contributed by atoms with Gasteiger partial charge in [-0.3, -0.25) is 4.79 Å². The van der Waals surface area contributed by atoms with Crippen molar-refractivity contribution in [2.75, 3.05) is 5.32 Å². The molecule has 0 spiro atoms. The Morgan fingerprint density at radius 3 is 2.82 bits per heavy atom. The molecule has 4 nitrogen and oxygen atoms in total. The van der Waals surface area contributed by atoms with E-state index in [-0.39, 0.29) is 5.91 Å². The van der Waals surface area contributed by atoms with Crippen LogP contribution in [0.25, 0.3) is 11.3 Å². The number of aromatic nitrogens is 1. The maximum absolute atomic E-state index is 11.9. The van der Waals surface area contributed by atoms with Crippen LogP contribution < -0.4 is 5.32 Å². The van der Waals surface area contributed by atoms with Gasteiger partial charge >= 0.3 is 0 Å². The van der Waals surface area contributed by atoms with Crippen LogP contribution >= 0.6 is 11.3 Å². The van der Waals surface area contributed by atoms with Gasteiger partial charge in [-0.05, 0) is 19.1 Å². The number of rotatable bonds is 5. The van der Waals surface area contributed by atoms with Crippen LogP contribution in [-0.2, 0) is 11.2 Å². The lowest BCUT2D eigenvalue weighted by Crippen LogP contribution is -2.11. The number of nitrogens with one attached hydrogen (secondary N) is 1. The Morgan fingerprint density at radius 2 is 2.09 bits per heavy atom. The average Bonchev–Trinajstić information content (AvgIpc) is 3.17. The lowest BCUT2D eigenvalue weighted by Gasteiger charge is -2.00. The van der Waals surface area contributed by atoms with Gasteiger partial charge in [0.15, 0.2) is 5.13 Å². The minimum Gasteiger partial charge on any atom is -0.469 e.